The van der Waals surface area contributed by atoms with Gasteiger partial charge in [-0.15, -0.1) is 0 Å². The van der Waals surface area contributed by atoms with Gasteiger partial charge >= 0.3 is 5.97 Å². The predicted molar refractivity (Wildman–Crippen MR) is 89.7 cm³/mol. The zero-order valence-electron chi connectivity index (χ0n) is 14.2. The van der Waals surface area contributed by atoms with E-state index < -0.39 is 5.97 Å². The Bertz CT molecular complexity index is 629. The average Bonchev–Trinajstić information content (AvgIpc) is 2.78. The molecule has 1 N–H and O–H groups in total. The highest BCUT2D eigenvalue weighted by Crippen LogP contribution is 2.20. The lowest BCUT2D eigenvalue weighted by Crippen LogP contribution is -2.43. The molecule has 1 heterocycles. The number of nitrogens with zero attached hydrogens (tertiary/aromatic N) is 2. The average molecular weight is 332 g/mol. The van der Waals surface area contributed by atoms with Crippen LogP contribution in [0.5, 0.6) is 0 Å². The monoisotopic (exact) mass is 332 g/mol. The molecular formula is C18H24N2O4. The third-order valence-corrected chi connectivity index (χ3v) is 4.51. The van der Waals surface area contributed by atoms with E-state index in [1.165, 1.54) is 11.8 Å². The summed E-state index contributed by atoms with van der Waals surface area (Å²) in [5.74, 6) is -1.25. The van der Waals surface area contributed by atoms with Crippen molar-refractivity contribution in [1.29, 1.82) is 0 Å². The van der Waals surface area contributed by atoms with Gasteiger partial charge in [0, 0.05) is 31.6 Å². The van der Waals surface area contributed by atoms with Gasteiger partial charge in [0.25, 0.3) is 5.91 Å². The standard InChI is InChI=1S/C18H24N2O4/c1-13-6-3-4-8-16(13)18(24)19-10-5-7-15(9-11-19)20(14(2)21)12-17(22)23/h3-4,6,8,15H,5,7,9-12H2,1-2H3,(H,22,23). The molecule has 1 aromatic carbocycles. The molecule has 130 valence electrons. The molecule has 1 saturated heterocycles. The Labute approximate surface area is 142 Å². The number of likely N-dealkylation sites (tertiary alicyclic amines) is 1. The Balaban J connectivity index is 2.07. The number of benzene rings is 1. The maximum Gasteiger partial charge on any atom is 0.323 e. The van der Waals surface area contributed by atoms with Crippen LogP contribution in [-0.4, -0.2) is 58.4 Å². The van der Waals surface area contributed by atoms with Gasteiger partial charge in [0.2, 0.25) is 5.91 Å². The van der Waals surface area contributed by atoms with Crippen LogP contribution in [0.3, 0.4) is 0 Å². The van der Waals surface area contributed by atoms with Crippen LogP contribution < -0.4 is 0 Å². The maximum atomic E-state index is 12.7. The molecule has 1 aromatic rings. The van der Waals surface area contributed by atoms with E-state index in [1.807, 2.05) is 31.2 Å². The number of aliphatic carboxylic acids is 1. The smallest absolute Gasteiger partial charge is 0.323 e. The first-order valence-corrected chi connectivity index (χ1v) is 8.24. The summed E-state index contributed by atoms with van der Waals surface area (Å²) in [4.78, 5) is 38.7. The number of hydrogen-bond donors (Lipinski definition) is 1. The van der Waals surface area contributed by atoms with E-state index in [0.29, 0.717) is 31.5 Å². The summed E-state index contributed by atoms with van der Waals surface area (Å²) in [6, 6.07) is 7.37. The fraction of sp³-hybridized carbons (Fsp3) is 0.500. The van der Waals surface area contributed by atoms with Crippen molar-refractivity contribution < 1.29 is 19.5 Å². The molecular weight excluding hydrogens is 308 g/mol. The van der Waals surface area contributed by atoms with Gasteiger partial charge < -0.3 is 14.9 Å². The summed E-state index contributed by atoms with van der Waals surface area (Å²) in [6.45, 7) is 4.18. The number of carbonyl (C=O) groups excluding carboxylic acids is 2. The number of carbonyl (C=O) groups is 3. The SMILES string of the molecule is CC(=O)N(CC(=O)O)C1CCCN(C(=O)c2ccccc2C)CC1. The minimum absolute atomic E-state index is 0.00126. The third-order valence-electron chi connectivity index (χ3n) is 4.51. The second-order valence-corrected chi connectivity index (χ2v) is 6.23. The van der Waals surface area contributed by atoms with Gasteiger partial charge in [0.15, 0.2) is 0 Å². The van der Waals surface area contributed by atoms with Gasteiger partial charge in [-0.1, -0.05) is 18.2 Å². The minimum Gasteiger partial charge on any atom is -0.480 e. The molecule has 0 aromatic heterocycles. The number of rotatable bonds is 4. The number of carboxylic acids is 1. The Hall–Kier alpha value is -2.37. The van der Waals surface area contributed by atoms with E-state index in [4.69, 9.17) is 5.11 Å². The zero-order chi connectivity index (χ0) is 17.7. The Morgan fingerprint density at radius 3 is 2.54 bits per heavy atom. The lowest BCUT2D eigenvalue weighted by Gasteiger charge is -2.29. The van der Waals surface area contributed by atoms with Crippen LogP contribution in [0, 0.1) is 6.92 Å². The second-order valence-electron chi connectivity index (χ2n) is 6.23. The number of aryl methyl sites for hydroxylation is 1. The summed E-state index contributed by atoms with van der Waals surface area (Å²) in [5.41, 5.74) is 1.64. The van der Waals surface area contributed by atoms with E-state index in [1.54, 1.807) is 4.90 Å². The van der Waals surface area contributed by atoms with Gasteiger partial charge in [-0.25, -0.2) is 0 Å². The van der Waals surface area contributed by atoms with Crippen molar-refractivity contribution in [2.24, 2.45) is 0 Å². The van der Waals surface area contributed by atoms with Crippen molar-refractivity contribution in [3.63, 3.8) is 0 Å². The van der Waals surface area contributed by atoms with Crippen molar-refractivity contribution >= 4 is 17.8 Å². The van der Waals surface area contributed by atoms with Crippen molar-refractivity contribution in [3.05, 3.63) is 35.4 Å². The molecule has 0 saturated carbocycles. The molecule has 1 aliphatic heterocycles. The lowest BCUT2D eigenvalue weighted by molar-refractivity contribution is -0.145. The minimum atomic E-state index is -1.01. The molecule has 0 spiro atoms. The largest absolute Gasteiger partial charge is 0.480 e. The van der Waals surface area contributed by atoms with Gasteiger partial charge in [-0.3, -0.25) is 14.4 Å². The van der Waals surface area contributed by atoms with Gasteiger partial charge in [0.05, 0.1) is 0 Å². The zero-order valence-corrected chi connectivity index (χ0v) is 14.2. The van der Waals surface area contributed by atoms with Crippen LogP contribution in [0.25, 0.3) is 0 Å². The first-order valence-electron chi connectivity index (χ1n) is 8.24. The topological polar surface area (TPSA) is 77.9 Å². The number of carboxylic acid groups (broad SMARTS) is 1. The molecule has 6 heteroatoms. The second kappa shape index (κ2) is 7.95. The molecule has 0 aliphatic carbocycles. The first-order chi connectivity index (χ1) is 11.4. The molecule has 0 bridgehead atoms. The normalized spacial score (nSPS) is 17.9. The van der Waals surface area contributed by atoms with Crippen LogP contribution in [0.1, 0.15) is 42.1 Å². The summed E-state index contributed by atoms with van der Waals surface area (Å²) < 4.78 is 0. The van der Waals surface area contributed by atoms with E-state index in [0.717, 1.165) is 12.0 Å². The van der Waals surface area contributed by atoms with Crippen LogP contribution in [0.2, 0.25) is 0 Å². The van der Waals surface area contributed by atoms with E-state index in [9.17, 15) is 14.4 Å². The molecule has 24 heavy (non-hydrogen) atoms. The summed E-state index contributed by atoms with van der Waals surface area (Å²) in [5, 5.41) is 8.99. The Morgan fingerprint density at radius 2 is 1.92 bits per heavy atom. The highest BCUT2D eigenvalue weighted by Gasteiger charge is 2.28. The number of amides is 2. The Morgan fingerprint density at radius 1 is 1.21 bits per heavy atom. The number of hydrogen-bond acceptors (Lipinski definition) is 3. The predicted octanol–water partition coefficient (Wildman–Crippen LogP) is 1.92. The molecule has 0 radical (unpaired) electrons. The van der Waals surface area contributed by atoms with E-state index >= 15 is 0 Å². The molecule has 2 amide bonds. The maximum absolute atomic E-state index is 12.7. The van der Waals surface area contributed by atoms with Crippen molar-refractivity contribution in [3.8, 4) is 0 Å². The van der Waals surface area contributed by atoms with Crippen LogP contribution in [-0.2, 0) is 9.59 Å². The fourth-order valence-corrected chi connectivity index (χ4v) is 3.22. The van der Waals surface area contributed by atoms with Crippen molar-refractivity contribution in [1.82, 2.24) is 9.80 Å². The van der Waals surface area contributed by atoms with Crippen LogP contribution >= 0.6 is 0 Å². The molecule has 1 aliphatic rings. The van der Waals surface area contributed by atoms with Crippen molar-refractivity contribution in [2.75, 3.05) is 19.6 Å². The lowest BCUT2D eigenvalue weighted by atomic mass is 10.1. The first kappa shape index (κ1) is 18.0. The highest BCUT2D eigenvalue weighted by molar-refractivity contribution is 5.95. The molecule has 6 nitrogen and oxygen atoms in total. The van der Waals surface area contributed by atoms with Crippen molar-refractivity contribution in [2.45, 2.75) is 39.2 Å². The summed E-state index contributed by atoms with van der Waals surface area (Å²) in [7, 11) is 0. The van der Waals surface area contributed by atoms with Gasteiger partial charge in [-0.05, 0) is 37.8 Å². The fourth-order valence-electron chi connectivity index (χ4n) is 3.22. The summed E-state index contributed by atoms with van der Waals surface area (Å²) in [6.07, 6.45) is 2.07. The molecule has 1 atom stereocenters. The van der Waals surface area contributed by atoms with E-state index in [-0.39, 0.29) is 24.4 Å². The summed E-state index contributed by atoms with van der Waals surface area (Å²) >= 11 is 0. The van der Waals surface area contributed by atoms with Crippen LogP contribution in [0.4, 0.5) is 0 Å². The molecule has 1 unspecified atom stereocenters. The molecule has 1 fully saturated rings. The quantitative estimate of drug-likeness (QED) is 0.914. The third kappa shape index (κ3) is 4.34. The Kier molecular flexibility index (Phi) is 5.95. The highest BCUT2D eigenvalue weighted by atomic mass is 16.4. The molecule has 2 rings (SSSR count). The van der Waals surface area contributed by atoms with Crippen LogP contribution in [0.15, 0.2) is 24.3 Å². The van der Waals surface area contributed by atoms with Gasteiger partial charge in [-0.2, -0.15) is 0 Å². The van der Waals surface area contributed by atoms with E-state index in [2.05, 4.69) is 0 Å². The van der Waals surface area contributed by atoms with Gasteiger partial charge in [0.1, 0.15) is 6.54 Å².